The standard InChI is InChI=1S/C12H13N5O3/c1-16-10-9(14-6-15-10)11(18)17(12(16)19)7-13-5-8-3-2-4-20-8/h2-4,6,13H,5,7H2,1H3,(H,14,15). The lowest BCUT2D eigenvalue weighted by Crippen LogP contribution is -2.42. The van der Waals surface area contributed by atoms with E-state index in [4.69, 9.17) is 4.42 Å². The quantitative estimate of drug-likeness (QED) is 0.685. The van der Waals surface area contributed by atoms with Gasteiger partial charge in [-0.05, 0) is 12.1 Å². The molecule has 3 aromatic rings. The summed E-state index contributed by atoms with van der Waals surface area (Å²) in [4.78, 5) is 31.0. The van der Waals surface area contributed by atoms with E-state index in [9.17, 15) is 9.59 Å². The van der Waals surface area contributed by atoms with Gasteiger partial charge in [-0.2, -0.15) is 0 Å². The van der Waals surface area contributed by atoms with Gasteiger partial charge in [0.25, 0.3) is 5.56 Å². The first kappa shape index (κ1) is 12.4. The molecule has 0 aliphatic rings. The summed E-state index contributed by atoms with van der Waals surface area (Å²) in [6.07, 6.45) is 2.96. The van der Waals surface area contributed by atoms with E-state index in [1.807, 2.05) is 6.07 Å². The molecule has 0 fully saturated rings. The molecular weight excluding hydrogens is 262 g/mol. The van der Waals surface area contributed by atoms with Crippen molar-refractivity contribution in [2.24, 2.45) is 7.05 Å². The minimum Gasteiger partial charge on any atom is -0.468 e. The molecule has 0 amide bonds. The van der Waals surface area contributed by atoms with E-state index in [2.05, 4.69) is 15.3 Å². The average molecular weight is 275 g/mol. The van der Waals surface area contributed by atoms with Crippen molar-refractivity contribution >= 4 is 11.2 Å². The first-order valence-electron chi connectivity index (χ1n) is 6.04. The number of fused-ring (bicyclic) bond motifs is 1. The second-order valence-electron chi connectivity index (χ2n) is 4.34. The number of aryl methyl sites for hydroxylation is 1. The van der Waals surface area contributed by atoms with Crippen LogP contribution in [0.15, 0.2) is 38.7 Å². The van der Waals surface area contributed by atoms with Crippen molar-refractivity contribution in [2.45, 2.75) is 13.2 Å². The molecule has 8 nitrogen and oxygen atoms in total. The van der Waals surface area contributed by atoms with E-state index in [0.29, 0.717) is 17.7 Å². The van der Waals surface area contributed by atoms with Gasteiger partial charge >= 0.3 is 5.69 Å². The van der Waals surface area contributed by atoms with Crippen molar-refractivity contribution in [3.05, 3.63) is 51.3 Å². The van der Waals surface area contributed by atoms with Gasteiger partial charge in [-0.3, -0.25) is 14.7 Å². The normalized spacial score (nSPS) is 11.2. The Morgan fingerprint density at radius 2 is 2.30 bits per heavy atom. The van der Waals surface area contributed by atoms with E-state index in [-0.39, 0.29) is 6.67 Å². The maximum absolute atomic E-state index is 12.2. The van der Waals surface area contributed by atoms with Crippen LogP contribution >= 0.6 is 0 Å². The Bertz CT molecular complexity index is 840. The van der Waals surface area contributed by atoms with Crippen LogP contribution in [0.4, 0.5) is 0 Å². The lowest BCUT2D eigenvalue weighted by atomic mass is 10.4. The number of nitrogens with zero attached hydrogens (tertiary/aromatic N) is 3. The summed E-state index contributed by atoms with van der Waals surface area (Å²) in [6.45, 7) is 0.533. The molecule has 20 heavy (non-hydrogen) atoms. The zero-order valence-corrected chi connectivity index (χ0v) is 10.8. The Morgan fingerprint density at radius 3 is 3.05 bits per heavy atom. The smallest absolute Gasteiger partial charge is 0.333 e. The fraction of sp³-hybridized carbons (Fsp3) is 0.250. The topological polar surface area (TPSA) is 97.9 Å². The van der Waals surface area contributed by atoms with E-state index < -0.39 is 11.2 Å². The summed E-state index contributed by atoms with van der Waals surface area (Å²) in [5.41, 5.74) is -0.150. The van der Waals surface area contributed by atoms with Crippen LogP contribution in [0, 0.1) is 0 Å². The Hall–Kier alpha value is -2.61. The molecule has 0 bridgehead atoms. The highest BCUT2D eigenvalue weighted by molar-refractivity contribution is 5.68. The molecule has 0 aliphatic carbocycles. The molecule has 0 saturated heterocycles. The number of furan rings is 1. The number of nitrogens with one attached hydrogen (secondary N) is 2. The summed E-state index contributed by atoms with van der Waals surface area (Å²) in [7, 11) is 1.58. The van der Waals surface area contributed by atoms with Gasteiger partial charge in [0.2, 0.25) is 0 Å². The third-order valence-electron chi connectivity index (χ3n) is 3.06. The Labute approximate surface area is 112 Å². The fourth-order valence-corrected chi connectivity index (χ4v) is 2.04. The van der Waals surface area contributed by atoms with Gasteiger partial charge in [0.1, 0.15) is 11.3 Å². The second-order valence-corrected chi connectivity index (χ2v) is 4.34. The minimum atomic E-state index is -0.415. The van der Waals surface area contributed by atoms with E-state index >= 15 is 0 Å². The molecule has 0 saturated carbocycles. The largest absolute Gasteiger partial charge is 0.468 e. The molecule has 0 atom stereocenters. The highest BCUT2D eigenvalue weighted by Crippen LogP contribution is 2.00. The van der Waals surface area contributed by atoms with Crippen molar-refractivity contribution in [2.75, 3.05) is 0 Å². The first-order valence-corrected chi connectivity index (χ1v) is 6.04. The Morgan fingerprint density at radius 1 is 1.45 bits per heavy atom. The van der Waals surface area contributed by atoms with Gasteiger partial charge in [-0.15, -0.1) is 0 Å². The zero-order valence-electron chi connectivity index (χ0n) is 10.8. The molecular formula is C12H13N5O3. The molecule has 0 radical (unpaired) electrons. The third kappa shape index (κ3) is 1.95. The third-order valence-corrected chi connectivity index (χ3v) is 3.06. The molecule has 0 spiro atoms. The molecule has 0 unspecified atom stereocenters. The predicted molar refractivity (Wildman–Crippen MR) is 71.1 cm³/mol. The summed E-state index contributed by atoms with van der Waals surface area (Å²) >= 11 is 0. The van der Waals surface area contributed by atoms with E-state index in [0.717, 1.165) is 10.3 Å². The average Bonchev–Trinajstić information content (AvgIpc) is 3.10. The number of H-pyrrole nitrogens is 1. The number of aromatic nitrogens is 4. The number of rotatable bonds is 4. The van der Waals surface area contributed by atoms with Gasteiger partial charge in [-0.1, -0.05) is 0 Å². The van der Waals surface area contributed by atoms with Crippen LogP contribution in [0.5, 0.6) is 0 Å². The van der Waals surface area contributed by atoms with Gasteiger partial charge in [0.15, 0.2) is 5.65 Å². The number of hydrogen-bond acceptors (Lipinski definition) is 5. The summed E-state index contributed by atoms with van der Waals surface area (Å²) in [5, 5.41) is 2.99. The van der Waals surface area contributed by atoms with Gasteiger partial charge < -0.3 is 9.40 Å². The predicted octanol–water partition coefficient (Wildman–Crippen LogP) is -0.236. The van der Waals surface area contributed by atoms with Gasteiger partial charge in [0.05, 0.1) is 25.8 Å². The molecule has 3 rings (SSSR count). The SMILES string of the molecule is Cn1c(=O)n(CNCc2ccco2)c(=O)c2[nH]cnc21. The number of imidazole rings is 1. The number of hydrogen-bond donors (Lipinski definition) is 2. The fourth-order valence-electron chi connectivity index (χ4n) is 2.04. The minimum absolute atomic E-state index is 0.0984. The first-order chi connectivity index (χ1) is 9.68. The lowest BCUT2D eigenvalue weighted by Gasteiger charge is -2.08. The molecule has 3 aromatic heterocycles. The van der Waals surface area contributed by atoms with Gasteiger partial charge in [0, 0.05) is 7.05 Å². The van der Waals surface area contributed by atoms with Crippen LogP contribution in [0.3, 0.4) is 0 Å². The zero-order chi connectivity index (χ0) is 14.1. The van der Waals surface area contributed by atoms with Crippen LogP contribution in [0.25, 0.3) is 11.2 Å². The van der Waals surface area contributed by atoms with Crippen molar-refractivity contribution in [1.29, 1.82) is 0 Å². The molecule has 0 aliphatic heterocycles. The highest BCUT2D eigenvalue weighted by Gasteiger charge is 2.12. The van der Waals surface area contributed by atoms with E-state index in [1.54, 1.807) is 19.4 Å². The van der Waals surface area contributed by atoms with Crippen molar-refractivity contribution in [1.82, 2.24) is 24.4 Å². The molecule has 8 heteroatoms. The number of aromatic amines is 1. The van der Waals surface area contributed by atoms with Crippen molar-refractivity contribution < 1.29 is 4.42 Å². The van der Waals surface area contributed by atoms with E-state index in [1.165, 1.54) is 10.9 Å². The van der Waals surface area contributed by atoms with Crippen LogP contribution in [-0.4, -0.2) is 19.1 Å². The van der Waals surface area contributed by atoms with Crippen LogP contribution in [-0.2, 0) is 20.3 Å². The molecule has 0 aromatic carbocycles. The lowest BCUT2D eigenvalue weighted by molar-refractivity contribution is 0.446. The second kappa shape index (κ2) is 4.82. The summed E-state index contributed by atoms with van der Waals surface area (Å²) in [6, 6.07) is 3.59. The maximum atomic E-state index is 12.2. The van der Waals surface area contributed by atoms with Crippen LogP contribution < -0.4 is 16.6 Å². The van der Waals surface area contributed by atoms with Gasteiger partial charge in [-0.25, -0.2) is 14.3 Å². The maximum Gasteiger partial charge on any atom is 0.333 e. The van der Waals surface area contributed by atoms with Crippen molar-refractivity contribution in [3.63, 3.8) is 0 Å². The molecule has 3 heterocycles. The summed E-state index contributed by atoms with van der Waals surface area (Å²) < 4.78 is 7.61. The molecule has 104 valence electrons. The van der Waals surface area contributed by atoms with Crippen molar-refractivity contribution in [3.8, 4) is 0 Å². The monoisotopic (exact) mass is 275 g/mol. The summed E-state index contributed by atoms with van der Waals surface area (Å²) in [5.74, 6) is 0.734. The molecule has 2 N–H and O–H groups in total. The highest BCUT2D eigenvalue weighted by atomic mass is 16.3. The van der Waals surface area contributed by atoms with Crippen LogP contribution in [0.1, 0.15) is 5.76 Å². The Kier molecular flexibility index (Phi) is 2.99. The Balaban J connectivity index is 1.91. The van der Waals surface area contributed by atoms with Crippen LogP contribution in [0.2, 0.25) is 0 Å².